The number of carbonyl (C=O) groups is 2. The molecule has 1 aliphatic heterocycles. The third-order valence-corrected chi connectivity index (χ3v) is 4.36. The monoisotopic (exact) mass is 278 g/mol. The van der Waals surface area contributed by atoms with Crippen molar-refractivity contribution in [1.82, 2.24) is 9.99 Å². The Hall–Kier alpha value is -1.76. The molecule has 0 spiro atoms. The minimum atomic E-state index is -0.258. The van der Waals surface area contributed by atoms with Crippen molar-refractivity contribution in [2.24, 2.45) is 5.10 Å². The van der Waals surface area contributed by atoms with Crippen LogP contribution in [0.15, 0.2) is 5.10 Å². The SMILES string of the molecule is CN1N=C(C(=O)Nc2nc3c(s2)CCC3)CCC1=O. The third-order valence-electron chi connectivity index (χ3n) is 3.29. The van der Waals surface area contributed by atoms with E-state index in [9.17, 15) is 9.59 Å². The zero-order valence-electron chi connectivity index (χ0n) is 10.6. The summed E-state index contributed by atoms with van der Waals surface area (Å²) < 4.78 is 0. The number of nitrogens with zero attached hydrogens (tertiary/aromatic N) is 3. The van der Waals surface area contributed by atoms with E-state index in [0.717, 1.165) is 25.0 Å². The summed E-state index contributed by atoms with van der Waals surface area (Å²) in [7, 11) is 1.56. The van der Waals surface area contributed by atoms with Crippen molar-refractivity contribution in [3.8, 4) is 0 Å². The summed E-state index contributed by atoms with van der Waals surface area (Å²) in [5.41, 5.74) is 1.50. The molecule has 1 aliphatic carbocycles. The quantitative estimate of drug-likeness (QED) is 0.882. The van der Waals surface area contributed by atoms with Gasteiger partial charge in [0.1, 0.15) is 5.71 Å². The number of carbonyl (C=O) groups excluding carboxylic acids is 2. The zero-order valence-corrected chi connectivity index (χ0v) is 11.4. The average Bonchev–Trinajstić information content (AvgIpc) is 2.93. The van der Waals surface area contributed by atoms with Crippen molar-refractivity contribution in [1.29, 1.82) is 0 Å². The van der Waals surface area contributed by atoms with E-state index in [0.29, 0.717) is 23.7 Å². The number of hydrazone groups is 1. The second-order valence-electron chi connectivity index (χ2n) is 4.66. The van der Waals surface area contributed by atoms with E-state index in [1.807, 2.05) is 0 Å². The predicted molar refractivity (Wildman–Crippen MR) is 72.2 cm³/mol. The summed E-state index contributed by atoms with van der Waals surface area (Å²) in [6.45, 7) is 0. The van der Waals surface area contributed by atoms with Gasteiger partial charge in [0.15, 0.2) is 5.13 Å². The van der Waals surface area contributed by atoms with E-state index in [1.165, 1.54) is 21.2 Å². The van der Waals surface area contributed by atoms with Crippen LogP contribution in [0.1, 0.15) is 29.8 Å². The average molecular weight is 278 g/mol. The van der Waals surface area contributed by atoms with Crippen LogP contribution in [0.25, 0.3) is 0 Å². The summed E-state index contributed by atoms with van der Waals surface area (Å²) in [6.07, 6.45) is 3.93. The van der Waals surface area contributed by atoms with Gasteiger partial charge in [0.05, 0.1) is 5.69 Å². The van der Waals surface area contributed by atoms with Gasteiger partial charge in [0, 0.05) is 24.8 Å². The maximum absolute atomic E-state index is 12.0. The predicted octanol–water partition coefficient (Wildman–Crippen LogP) is 1.18. The Balaban J connectivity index is 1.71. The number of anilines is 1. The lowest BCUT2D eigenvalue weighted by Crippen LogP contribution is -2.34. The fourth-order valence-electron chi connectivity index (χ4n) is 2.25. The van der Waals surface area contributed by atoms with Crippen LogP contribution < -0.4 is 5.32 Å². The van der Waals surface area contributed by atoms with Gasteiger partial charge in [-0.1, -0.05) is 0 Å². The lowest BCUT2D eigenvalue weighted by molar-refractivity contribution is -0.130. The van der Waals surface area contributed by atoms with Gasteiger partial charge in [-0.25, -0.2) is 9.99 Å². The maximum Gasteiger partial charge on any atom is 0.273 e. The molecular weight excluding hydrogens is 264 g/mol. The normalized spacial score (nSPS) is 18.3. The first-order chi connectivity index (χ1) is 9.13. The molecule has 0 radical (unpaired) electrons. The maximum atomic E-state index is 12.0. The molecule has 0 unspecified atom stereocenters. The van der Waals surface area contributed by atoms with Gasteiger partial charge in [-0.2, -0.15) is 5.10 Å². The molecule has 6 nitrogen and oxygen atoms in total. The van der Waals surface area contributed by atoms with Crippen LogP contribution >= 0.6 is 11.3 Å². The summed E-state index contributed by atoms with van der Waals surface area (Å²) in [4.78, 5) is 29.0. The first-order valence-corrected chi connectivity index (χ1v) is 7.09. The van der Waals surface area contributed by atoms with Gasteiger partial charge >= 0.3 is 0 Å². The van der Waals surface area contributed by atoms with Crippen LogP contribution in [0.5, 0.6) is 0 Å². The molecule has 100 valence electrons. The Bertz CT molecular complexity index is 557. The van der Waals surface area contributed by atoms with E-state index in [1.54, 1.807) is 7.05 Å². The first kappa shape index (κ1) is 12.3. The van der Waals surface area contributed by atoms with Crippen molar-refractivity contribution >= 4 is 34.0 Å². The second kappa shape index (κ2) is 4.73. The highest BCUT2D eigenvalue weighted by Crippen LogP contribution is 2.30. The van der Waals surface area contributed by atoms with Crippen LogP contribution in [0.3, 0.4) is 0 Å². The molecule has 19 heavy (non-hydrogen) atoms. The summed E-state index contributed by atoms with van der Waals surface area (Å²) in [5, 5.41) is 8.62. The van der Waals surface area contributed by atoms with E-state index in [2.05, 4.69) is 15.4 Å². The number of hydrogen-bond acceptors (Lipinski definition) is 5. The van der Waals surface area contributed by atoms with Crippen molar-refractivity contribution < 1.29 is 9.59 Å². The molecule has 1 aromatic heterocycles. The molecule has 2 amide bonds. The van der Waals surface area contributed by atoms with Crippen LogP contribution in [0, 0.1) is 0 Å². The molecule has 1 aromatic rings. The van der Waals surface area contributed by atoms with Crippen LogP contribution in [0.4, 0.5) is 5.13 Å². The molecule has 0 saturated carbocycles. The van der Waals surface area contributed by atoms with E-state index < -0.39 is 0 Å². The van der Waals surface area contributed by atoms with Crippen LogP contribution in [-0.2, 0) is 22.4 Å². The second-order valence-corrected chi connectivity index (χ2v) is 5.74. The summed E-state index contributed by atoms with van der Waals surface area (Å²) in [6, 6.07) is 0. The fourth-order valence-corrected chi connectivity index (χ4v) is 3.29. The van der Waals surface area contributed by atoms with Crippen molar-refractivity contribution in [2.75, 3.05) is 12.4 Å². The smallest absolute Gasteiger partial charge is 0.273 e. The van der Waals surface area contributed by atoms with Gasteiger partial charge in [-0.3, -0.25) is 14.9 Å². The molecule has 1 N–H and O–H groups in total. The van der Waals surface area contributed by atoms with Gasteiger partial charge in [0.2, 0.25) is 5.91 Å². The Morgan fingerprint density at radius 2 is 2.16 bits per heavy atom. The molecule has 0 atom stereocenters. The lowest BCUT2D eigenvalue weighted by Gasteiger charge is -2.18. The molecule has 0 bridgehead atoms. The molecule has 0 saturated heterocycles. The number of thiazole rings is 1. The van der Waals surface area contributed by atoms with E-state index in [4.69, 9.17) is 0 Å². The Labute approximate surface area is 114 Å². The Kier molecular flexibility index (Phi) is 3.06. The van der Waals surface area contributed by atoms with E-state index in [-0.39, 0.29) is 11.8 Å². The number of hydrogen-bond donors (Lipinski definition) is 1. The lowest BCUT2D eigenvalue weighted by atomic mass is 10.1. The van der Waals surface area contributed by atoms with Gasteiger partial charge in [0.25, 0.3) is 5.91 Å². The number of aryl methyl sites for hydroxylation is 2. The molecular formula is C12H14N4O2S. The van der Waals surface area contributed by atoms with Gasteiger partial charge < -0.3 is 0 Å². The van der Waals surface area contributed by atoms with Gasteiger partial charge in [-0.05, 0) is 19.3 Å². The molecule has 0 aromatic carbocycles. The minimum absolute atomic E-state index is 0.0650. The summed E-state index contributed by atoms with van der Waals surface area (Å²) in [5.74, 6) is -0.323. The third kappa shape index (κ3) is 2.37. The van der Waals surface area contributed by atoms with Crippen LogP contribution in [-0.4, -0.2) is 34.6 Å². The van der Waals surface area contributed by atoms with Crippen molar-refractivity contribution in [3.63, 3.8) is 0 Å². The number of rotatable bonds is 2. The van der Waals surface area contributed by atoms with Gasteiger partial charge in [-0.15, -0.1) is 11.3 Å². The topological polar surface area (TPSA) is 74.7 Å². The van der Waals surface area contributed by atoms with Crippen molar-refractivity contribution in [2.45, 2.75) is 32.1 Å². The first-order valence-electron chi connectivity index (χ1n) is 6.27. The largest absolute Gasteiger partial charge is 0.297 e. The number of fused-ring (bicyclic) bond motifs is 1. The van der Waals surface area contributed by atoms with E-state index >= 15 is 0 Å². The molecule has 3 rings (SSSR count). The molecule has 7 heteroatoms. The van der Waals surface area contributed by atoms with Crippen molar-refractivity contribution in [3.05, 3.63) is 10.6 Å². The molecule has 2 heterocycles. The highest BCUT2D eigenvalue weighted by atomic mass is 32.1. The Morgan fingerprint density at radius 1 is 1.32 bits per heavy atom. The Morgan fingerprint density at radius 3 is 2.89 bits per heavy atom. The molecule has 0 fully saturated rings. The number of amides is 2. The number of nitrogens with one attached hydrogen (secondary N) is 1. The molecule has 2 aliphatic rings. The highest BCUT2D eigenvalue weighted by molar-refractivity contribution is 7.16. The fraction of sp³-hybridized carbons (Fsp3) is 0.500. The minimum Gasteiger partial charge on any atom is -0.297 e. The summed E-state index contributed by atoms with van der Waals surface area (Å²) >= 11 is 1.54. The van der Waals surface area contributed by atoms with Crippen LogP contribution in [0.2, 0.25) is 0 Å². The highest BCUT2D eigenvalue weighted by Gasteiger charge is 2.23. The zero-order chi connectivity index (χ0) is 13.4. The standard InChI is InChI=1S/C12H14N4O2S/c1-16-10(17)6-5-8(15-16)11(18)14-12-13-7-3-2-4-9(7)19-12/h2-6H2,1H3,(H,13,14,18). The number of aromatic nitrogens is 1.